The van der Waals surface area contributed by atoms with Crippen LogP contribution < -0.4 is 26.2 Å². The maximum absolute atomic E-state index is 12.7. The number of aromatic nitrogens is 2. The van der Waals surface area contributed by atoms with Gasteiger partial charge in [-0.1, -0.05) is 44.2 Å². The van der Waals surface area contributed by atoms with E-state index in [0.29, 0.717) is 57.2 Å². The highest BCUT2D eigenvalue weighted by molar-refractivity contribution is 5.92. The van der Waals surface area contributed by atoms with Crippen LogP contribution in [0, 0.1) is 5.92 Å². The molecule has 2 bridgehead atoms. The molecule has 11 nitrogen and oxygen atoms in total. The summed E-state index contributed by atoms with van der Waals surface area (Å²) in [6.07, 6.45) is 1.71. The number of hydrogen-bond acceptors (Lipinski definition) is 8. The van der Waals surface area contributed by atoms with E-state index in [1.807, 2.05) is 50.2 Å². The fourth-order valence-electron chi connectivity index (χ4n) is 4.88. The molecule has 0 saturated carbocycles. The minimum absolute atomic E-state index is 0.146. The third kappa shape index (κ3) is 7.23. The van der Waals surface area contributed by atoms with Gasteiger partial charge in [0.15, 0.2) is 0 Å². The van der Waals surface area contributed by atoms with Crippen LogP contribution in [0.1, 0.15) is 51.3 Å². The number of nitrogens with one attached hydrogen (secondary N) is 4. The van der Waals surface area contributed by atoms with E-state index in [4.69, 9.17) is 9.97 Å². The van der Waals surface area contributed by atoms with Gasteiger partial charge < -0.3 is 31.3 Å². The topological polar surface area (TPSA) is 149 Å². The fraction of sp³-hybridized carbons (Fsp3) is 0.536. The molecular weight excluding hydrogens is 498 g/mol. The van der Waals surface area contributed by atoms with E-state index < -0.39 is 17.7 Å². The average Bonchev–Trinajstić information content (AvgIpc) is 2.91. The van der Waals surface area contributed by atoms with Gasteiger partial charge in [-0.05, 0) is 31.2 Å². The molecule has 210 valence electrons. The van der Waals surface area contributed by atoms with Gasteiger partial charge in [0.1, 0.15) is 17.9 Å². The number of benzene rings is 1. The lowest BCUT2D eigenvalue weighted by Crippen LogP contribution is -2.54. The van der Waals surface area contributed by atoms with E-state index in [1.165, 1.54) is 0 Å². The average molecular weight is 538 g/mol. The van der Waals surface area contributed by atoms with E-state index in [2.05, 4.69) is 26.2 Å². The Kier molecular flexibility index (Phi) is 9.01. The van der Waals surface area contributed by atoms with Crippen LogP contribution in [0.15, 0.2) is 36.4 Å². The van der Waals surface area contributed by atoms with Gasteiger partial charge in [-0.15, -0.1) is 0 Å². The molecule has 11 heteroatoms. The Hall–Kier alpha value is -3.73. The molecule has 4 rings (SSSR count). The van der Waals surface area contributed by atoms with Crippen LogP contribution in [-0.2, 0) is 26.4 Å². The number of carbonyl (C=O) groups excluding carboxylic acids is 3. The van der Waals surface area contributed by atoms with Crippen LogP contribution >= 0.6 is 0 Å². The van der Waals surface area contributed by atoms with Crippen LogP contribution in [0.25, 0.3) is 0 Å². The Morgan fingerprint density at radius 2 is 1.64 bits per heavy atom. The van der Waals surface area contributed by atoms with Gasteiger partial charge in [-0.25, -0.2) is 4.98 Å². The Morgan fingerprint density at radius 3 is 2.33 bits per heavy atom. The summed E-state index contributed by atoms with van der Waals surface area (Å²) >= 11 is 0. The molecular formula is C28H39N7O4. The molecule has 2 atom stereocenters. The molecule has 0 aliphatic carbocycles. The number of aliphatic hydroxyl groups is 1. The Balaban J connectivity index is 1.50. The summed E-state index contributed by atoms with van der Waals surface area (Å²) < 4.78 is 0. The molecule has 3 amide bonds. The first-order valence-corrected chi connectivity index (χ1v) is 13.7. The number of rotatable bonds is 3. The Labute approximate surface area is 229 Å². The minimum Gasteiger partial charge on any atom is -0.385 e. The van der Waals surface area contributed by atoms with Crippen molar-refractivity contribution in [3.05, 3.63) is 47.7 Å². The monoisotopic (exact) mass is 537 g/mol. The molecule has 1 saturated heterocycles. The molecule has 0 unspecified atom stereocenters. The minimum atomic E-state index is -0.890. The second kappa shape index (κ2) is 12.4. The van der Waals surface area contributed by atoms with Gasteiger partial charge in [0.25, 0.3) is 0 Å². The van der Waals surface area contributed by atoms with Crippen LogP contribution in [0.4, 0.5) is 11.8 Å². The van der Waals surface area contributed by atoms with Crippen molar-refractivity contribution in [2.45, 2.75) is 64.1 Å². The summed E-state index contributed by atoms with van der Waals surface area (Å²) in [6.45, 7) is 7.14. The van der Waals surface area contributed by atoms with Crippen molar-refractivity contribution < 1.29 is 19.5 Å². The second-order valence-corrected chi connectivity index (χ2v) is 10.7. The largest absolute Gasteiger partial charge is 0.385 e. The molecule has 1 fully saturated rings. The van der Waals surface area contributed by atoms with Crippen LogP contribution in [0.2, 0.25) is 0 Å². The first-order chi connectivity index (χ1) is 18.6. The standard InChI is InChI=1S/C28H39N7O4/c1-18(2)24-26(38)31-19(3)25(37)30-13-9-21-17-22(29-14-10-23(36)34-24)33-27(32-21)35-15-11-28(39,12-16-35)20-7-5-4-6-8-20/h4-8,17-19,24,39H,9-16H2,1-3H3,(H,30,37)(H,31,38)(H,34,36)(H,29,32,33)/t19-,24+/m0/s1. The normalized spacial score (nSPS) is 22.9. The molecule has 1 aromatic carbocycles. The van der Waals surface area contributed by atoms with Crippen molar-refractivity contribution in [1.29, 1.82) is 0 Å². The smallest absolute Gasteiger partial charge is 0.243 e. The van der Waals surface area contributed by atoms with Crippen LogP contribution in [-0.4, -0.2) is 71.1 Å². The van der Waals surface area contributed by atoms with Gasteiger partial charge >= 0.3 is 0 Å². The highest BCUT2D eigenvalue weighted by atomic mass is 16.3. The predicted octanol–water partition coefficient (Wildman–Crippen LogP) is 1.08. The lowest BCUT2D eigenvalue weighted by molar-refractivity contribution is -0.132. The zero-order valence-corrected chi connectivity index (χ0v) is 22.9. The number of piperidine rings is 1. The van der Waals surface area contributed by atoms with Crippen molar-refractivity contribution in [2.24, 2.45) is 5.92 Å². The quantitative estimate of drug-likeness (QED) is 0.391. The van der Waals surface area contributed by atoms with Gasteiger partial charge in [-0.2, -0.15) is 4.98 Å². The molecule has 1 aromatic heterocycles. The van der Waals surface area contributed by atoms with E-state index >= 15 is 0 Å². The van der Waals surface area contributed by atoms with Crippen LogP contribution in [0.3, 0.4) is 0 Å². The molecule has 2 aliphatic heterocycles. The van der Waals surface area contributed by atoms with Gasteiger partial charge in [-0.3, -0.25) is 14.4 Å². The molecule has 0 spiro atoms. The second-order valence-electron chi connectivity index (χ2n) is 10.7. The summed E-state index contributed by atoms with van der Waals surface area (Å²) in [7, 11) is 0. The van der Waals surface area contributed by atoms with Crippen molar-refractivity contribution in [3.63, 3.8) is 0 Å². The molecule has 39 heavy (non-hydrogen) atoms. The van der Waals surface area contributed by atoms with Crippen molar-refractivity contribution >= 4 is 29.5 Å². The van der Waals surface area contributed by atoms with E-state index in [-0.39, 0.29) is 30.1 Å². The van der Waals surface area contributed by atoms with Crippen molar-refractivity contribution in [3.8, 4) is 0 Å². The first kappa shape index (κ1) is 28.3. The van der Waals surface area contributed by atoms with E-state index in [1.54, 1.807) is 6.92 Å². The molecule has 5 N–H and O–H groups in total. The number of amides is 3. The lowest BCUT2D eigenvalue weighted by Gasteiger charge is -2.38. The zero-order valence-electron chi connectivity index (χ0n) is 22.9. The summed E-state index contributed by atoms with van der Waals surface area (Å²) in [5.41, 5.74) is 0.757. The van der Waals surface area contributed by atoms with Crippen LogP contribution in [0.5, 0.6) is 0 Å². The SMILES string of the molecule is CC(C)[C@H]1NC(=O)CCNc2cc(nc(N3CCC(O)(c4ccccc4)CC3)n2)CCNC(=O)[C@H](C)NC1=O. The predicted molar refractivity (Wildman–Crippen MR) is 148 cm³/mol. The third-order valence-electron chi connectivity index (χ3n) is 7.31. The Bertz CT molecular complexity index is 1170. The van der Waals surface area contributed by atoms with Gasteiger partial charge in [0, 0.05) is 50.8 Å². The van der Waals surface area contributed by atoms with E-state index in [0.717, 1.165) is 11.3 Å². The maximum Gasteiger partial charge on any atom is 0.243 e. The molecule has 2 aliphatic rings. The molecule has 0 radical (unpaired) electrons. The van der Waals surface area contributed by atoms with Gasteiger partial charge in [0.05, 0.1) is 5.60 Å². The number of fused-ring (bicyclic) bond motifs is 2. The third-order valence-corrected chi connectivity index (χ3v) is 7.31. The summed E-state index contributed by atoms with van der Waals surface area (Å²) in [5.74, 6) is 0.00521. The lowest BCUT2D eigenvalue weighted by atomic mass is 9.84. The summed E-state index contributed by atoms with van der Waals surface area (Å²) in [5, 5.41) is 22.8. The van der Waals surface area contributed by atoms with E-state index in [9.17, 15) is 19.5 Å². The maximum atomic E-state index is 12.7. The summed E-state index contributed by atoms with van der Waals surface area (Å²) in [6, 6.07) is 10.0. The number of hydrogen-bond donors (Lipinski definition) is 5. The highest BCUT2D eigenvalue weighted by Crippen LogP contribution is 2.33. The van der Waals surface area contributed by atoms with Crippen molar-refractivity contribution in [2.75, 3.05) is 36.4 Å². The summed E-state index contributed by atoms with van der Waals surface area (Å²) in [4.78, 5) is 49.5. The van der Waals surface area contributed by atoms with Gasteiger partial charge in [0.2, 0.25) is 23.7 Å². The molecule has 3 heterocycles. The number of anilines is 2. The Morgan fingerprint density at radius 1 is 0.949 bits per heavy atom. The van der Waals surface area contributed by atoms with Crippen molar-refractivity contribution in [1.82, 2.24) is 25.9 Å². The highest BCUT2D eigenvalue weighted by Gasteiger charge is 2.35. The number of nitrogens with zero attached hydrogens (tertiary/aromatic N) is 3. The zero-order chi connectivity index (χ0) is 28.0. The number of carbonyl (C=O) groups is 3. The fourth-order valence-corrected chi connectivity index (χ4v) is 4.88. The molecule has 2 aromatic rings. The first-order valence-electron chi connectivity index (χ1n) is 13.7.